The Morgan fingerprint density at radius 1 is 1.08 bits per heavy atom. The number of carbonyl (C=O) groups is 2. The van der Waals surface area contributed by atoms with Gasteiger partial charge in [0.25, 0.3) is 0 Å². The lowest BCUT2D eigenvalue weighted by molar-refractivity contribution is -0.130. The highest BCUT2D eigenvalue weighted by Gasteiger charge is 2.32. The van der Waals surface area contributed by atoms with Crippen LogP contribution in [0.5, 0.6) is 5.75 Å². The minimum Gasteiger partial charge on any atom is -0.493 e. The molecule has 7 heteroatoms. The Bertz CT molecular complexity index is 869. The minimum atomic E-state index is -0.840. The van der Waals surface area contributed by atoms with E-state index in [-0.39, 0.29) is 30.7 Å². The number of aliphatic hydroxyl groups excluding tert-OH is 1. The second kappa shape index (κ2) is 16.1. The van der Waals surface area contributed by atoms with Gasteiger partial charge in [0.1, 0.15) is 5.75 Å². The van der Waals surface area contributed by atoms with Gasteiger partial charge in [0, 0.05) is 18.5 Å². The molecule has 0 saturated carbocycles. The van der Waals surface area contributed by atoms with E-state index < -0.39 is 29.4 Å². The van der Waals surface area contributed by atoms with Gasteiger partial charge >= 0.3 is 0 Å². The Kier molecular flexibility index (Phi) is 14.4. The number of hydrogen-bond acceptors (Lipinski definition) is 5. The zero-order valence-corrected chi connectivity index (χ0v) is 25.2. The molecule has 0 spiro atoms. The van der Waals surface area contributed by atoms with Crippen molar-refractivity contribution < 1.29 is 19.4 Å². The fraction of sp³-hybridized carbons (Fsp3) is 0.742. The van der Waals surface area contributed by atoms with Gasteiger partial charge in [0.2, 0.25) is 11.8 Å². The summed E-state index contributed by atoms with van der Waals surface area (Å²) in [6, 6.07) is 5.96. The van der Waals surface area contributed by atoms with Crippen LogP contribution in [0, 0.1) is 36.0 Å². The van der Waals surface area contributed by atoms with Crippen molar-refractivity contribution in [3.05, 3.63) is 29.3 Å². The van der Waals surface area contributed by atoms with Crippen LogP contribution in [0.25, 0.3) is 0 Å². The average molecular weight is 534 g/mol. The summed E-state index contributed by atoms with van der Waals surface area (Å²) in [5.41, 5.74) is 13.5. The van der Waals surface area contributed by atoms with Crippen molar-refractivity contribution in [2.24, 2.45) is 40.6 Å². The molecule has 0 bridgehead atoms. The fourth-order valence-corrected chi connectivity index (χ4v) is 4.50. The van der Waals surface area contributed by atoms with Gasteiger partial charge in [-0.05, 0) is 81.4 Å². The maximum atomic E-state index is 12.9. The van der Waals surface area contributed by atoms with Gasteiger partial charge in [-0.2, -0.15) is 0 Å². The van der Waals surface area contributed by atoms with E-state index in [4.69, 9.17) is 16.2 Å². The highest BCUT2D eigenvalue weighted by Crippen LogP contribution is 2.28. The number of benzene rings is 1. The molecule has 38 heavy (non-hydrogen) atoms. The lowest BCUT2D eigenvalue weighted by atomic mass is 9.80. The van der Waals surface area contributed by atoms with Gasteiger partial charge in [-0.25, -0.2) is 0 Å². The topological polar surface area (TPSA) is 128 Å². The molecule has 0 saturated heterocycles. The summed E-state index contributed by atoms with van der Waals surface area (Å²) < 4.78 is 6.06. The Morgan fingerprint density at radius 2 is 1.74 bits per heavy atom. The van der Waals surface area contributed by atoms with Gasteiger partial charge in [0.15, 0.2) is 0 Å². The van der Waals surface area contributed by atoms with E-state index in [2.05, 4.69) is 51.2 Å². The minimum absolute atomic E-state index is 0.0118. The Morgan fingerprint density at radius 3 is 2.29 bits per heavy atom. The Labute approximate surface area is 231 Å². The molecular formula is C31H55N3O4. The number of carbonyl (C=O) groups excluding carboxylic acids is 2. The van der Waals surface area contributed by atoms with Gasteiger partial charge < -0.3 is 26.6 Å². The summed E-state index contributed by atoms with van der Waals surface area (Å²) in [6.45, 7) is 16.8. The van der Waals surface area contributed by atoms with E-state index in [1.807, 2.05) is 13.8 Å². The molecule has 4 atom stereocenters. The van der Waals surface area contributed by atoms with Crippen LogP contribution in [-0.2, 0) is 16.0 Å². The molecule has 0 aliphatic heterocycles. The van der Waals surface area contributed by atoms with Crippen LogP contribution < -0.4 is 21.5 Å². The van der Waals surface area contributed by atoms with Crippen LogP contribution in [0.1, 0.15) is 91.7 Å². The Hall–Kier alpha value is -2.12. The maximum absolute atomic E-state index is 12.9. The van der Waals surface area contributed by atoms with Crippen molar-refractivity contribution in [1.29, 1.82) is 0 Å². The molecule has 0 aromatic heterocycles. The number of aryl methyl sites for hydroxylation is 1. The number of hydrogen-bond donors (Lipinski definition) is 4. The monoisotopic (exact) mass is 533 g/mol. The fourth-order valence-electron chi connectivity index (χ4n) is 4.50. The quantitative estimate of drug-likeness (QED) is 0.203. The standard InChI is InChI=1S/C31H55N3O4/c1-9-10-11-14-38-28-16-23(13-12-22(28)6)15-24(20(2)3)17-26(32)27(35)18-25(21(4)5)29(36)34-19-31(7,8)30(33)37/h12-13,16,20-21,24-27,35H,9-11,14-15,17-19,32H2,1-8H3,(H2,33,37)(H,34,36). The molecule has 1 aromatic carbocycles. The third kappa shape index (κ3) is 11.3. The van der Waals surface area contributed by atoms with Crippen molar-refractivity contribution in [3.63, 3.8) is 0 Å². The van der Waals surface area contributed by atoms with E-state index in [0.29, 0.717) is 12.3 Å². The largest absolute Gasteiger partial charge is 0.493 e. The van der Waals surface area contributed by atoms with E-state index in [1.165, 1.54) is 18.4 Å². The van der Waals surface area contributed by atoms with Crippen LogP contribution in [0.3, 0.4) is 0 Å². The predicted octanol–water partition coefficient (Wildman–Crippen LogP) is 4.75. The number of ether oxygens (including phenoxy) is 1. The van der Waals surface area contributed by atoms with E-state index >= 15 is 0 Å². The molecule has 0 radical (unpaired) electrons. The van der Waals surface area contributed by atoms with E-state index in [9.17, 15) is 14.7 Å². The number of nitrogens with one attached hydrogen (secondary N) is 1. The second-order valence-electron chi connectivity index (χ2n) is 12.4. The molecule has 4 unspecified atom stereocenters. The SMILES string of the molecule is CCCCCOc1cc(CC(CC(N)C(O)CC(C(=O)NCC(C)(C)C(N)=O)C(C)C)C(C)C)ccc1C. The first-order valence-electron chi connectivity index (χ1n) is 14.4. The normalized spacial score (nSPS) is 15.3. The van der Waals surface area contributed by atoms with Crippen LogP contribution in [-0.4, -0.2) is 42.2 Å². The van der Waals surface area contributed by atoms with Crippen LogP contribution >= 0.6 is 0 Å². The summed E-state index contributed by atoms with van der Waals surface area (Å²) in [7, 11) is 0. The van der Waals surface area contributed by atoms with Gasteiger partial charge in [0.05, 0.1) is 18.1 Å². The van der Waals surface area contributed by atoms with Crippen molar-refractivity contribution in [2.45, 2.75) is 106 Å². The smallest absolute Gasteiger partial charge is 0.224 e. The highest BCUT2D eigenvalue weighted by atomic mass is 16.5. The van der Waals surface area contributed by atoms with Crippen molar-refractivity contribution in [3.8, 4) is 5.75 Å². The number of aliphatic hydroxyl groups is 1. The van der Waals surface area contributed by atoms with Crippen LogP contribution in [0.2, 0.25) is 0 Å². The van der Waals surface area contributed by atoms with Crippen LogP contribution in [0.4, 0.5) is 0 Å². The first-order valence-corrected chi connectivity index (χ1v) is 14.4. The number of amides is 2. The molecule has 7 nitrogen and oxygen atoms in total. The van der Waals surface area contributed by atoms with Gasteiger partial charge in [-0.3, -0.25) is 9.59 Å². The number of rotatable bonds is 18. The van der Waals surface area contributed by atoms with Gasteiger partial charge in [-0.1, -0.05) is 59.6 Å². The first-order chi connectivity index (χ1) is 17.7. The molecule has 0 heterocycles. The third-order valence-electron chi connectivity index (χ3n) is 7.78. The number of nitrogens with two attached hydrogens (primary N) is 2. The predicted molar refractivity (Wildman–Crippen MR) is 156 cm³/mol. The van der Waals surface area contributed by atoms with Crippen molar-refractivity contribution >= 4 is 11.8 Å². The maximum Gasteiger partial charge on any atom is 0.224 e. The molecule has 0 aliphatic rings. The lowest BCUT2D eigenvalue weighted by Gasteiger charge is -2.30. The molecule has 0 fully saturated rings. The number of primary amides is 1. The number of unbranched alkanes of at least 4 members (excludes halogenated alkanes) is 2. The second-order valence-corrected chi connectivity index (χ2v) is 12.4. The summed E-state index contributed by atoms with van der Waals surface area (Å²) in [5, 5.41) is 13.9. The Balaban J connectivity index is 2.82. The van der Waals surface area contributed by atoms with E-state index in [0.717, 1.165) is 30.8 Å². The summed E-state index contributed by atoms with van der Waals surface area (Å²) in [6.07, 6.45) is 4.35. The summed E-state index contributed by atoms with van der Waals surface area (Å²) in [5.74, 6) is 0.536. The van der Waals surface area contributed by atoms with Crippen LogP contribution in [0.15, 0.2) is 18.2 Å². The summed E-state index contributed by atoms with van der Waals surface area (Å²) >= 11 is 0. The molecule has 218 valence electrons. The third-order valence-corrected chi connectivity index (χ3v) is 7.78. The van der Waals surface area contributed by atoms with Crippen molar-refractivity contribution in [1.82, 2.24) is 5.32 Å². The summed E-state index contributed by atoms with van der Waals surface area (Å²) in [4.78, 5) is 24.5. The average Bonchev–Trinajstić information content (AvgIpc) is 2.84. The zero-order chi connectivity index (χ0) is 29.0. The molecule has 1 rings (SSSR count). The molecular weight excluding hydrogens is 478 g/mol. The molecule has 0 aliphatic carbocycles. The molecule has 1 aromatic rings. The highest BCUT2D eigenvalue weighted by molar-refractivity contribution is 5.83. The zero-order valence-electron chi connectivity index (χ0n) is 25.2. The van der Waals surface area contributed by atoms with E-state index in [1.54, 1.807) is 13.8 Å². The first kappa shape index (κ1) is 33.9. The lowest BCUT2D eigenvalue weighted by Crippen LogP contribution is -2.46. The van der Waals surface area contributed by atoms with Crippen molar-refractivity contribution in [2.75, 3.05) is 13.2 Å². The van der Waals surface area contributed by atoms with Gasteiger partial charge in [-0.15, -0.1) is 0 Å². The molecule has 6 N–H and O–H groups in total. The molecule has 2 amide bonds.